The quantitative estimate of drug-likeness (QED) is 0.575. The lowest BCUT2D eigenvalue weighted by molar-refractivity contribution is 0.284. The SMILES string of the molecule is CC1(C)CCCC(=CCO)C1. The fraction of sp³-hybridized carbons (Fsp3) is 0.800. The van der Waals surface area contributed by atoms with E-state index >= 15 is 0 Å². The lowest BCUT2D eigenvalue weighted by Gasteiger charge is -2.31. The van der Waals surface area contributed by atoms with Gasteiger partial charge in [-0.2, -0.15) is 0 Å². The van der Waals surface area contributed by atoms with Gasteiger partial charge in [-0.15, -0.1) is 0 Å². The molecule has 0 aromatic heterocycles. The van der Waals surface area contributed by atoms with Crippen LogP contribution in [0.2, 0.25) is 0 Å². The van der Waals surface area contributed by atoms with E-state index in [2.05, 4.69) is 13.8 Å². The van der Waals surface area contributed by atoms with Crippen LogP contribution in [0.15, 0.2) is 11.6 Å². The minimum absolute atomic E-state index is 0.214. The summed E-state index contributed by atoms with van der Waals surface area (Å²) in [5.74, 6) is 0. The maximum Gasteiger partial charge on any atom is 0.0615 e. The van der Waals surface area contributed by atoms with E-state index in [1.807, 2.05) is 6.08 Å². The van der Waals surface area contributed by atoms with Gasteiger partial charge in [0.2, 0.25) is 0 Å². The molecule has 0 heterocycles. The molecular weight excluding hydrogens is 136 g/mol. The monoisotopic (exact) mass is 154 g/mol. The van der Waals surface area contributed by atoms with Crippen molar-refractivity contribution in [3.05, 3.63) is 11.6 Å². The highest BCUT2D eigenvalue weighted by atomic mass is 16.2. The van der Waals surface area contributed by atoms with Crippen molar-refractivity contribution in [2.75, 3.05) is 6.61 Å². The number of hydrogen-bond donors (Lipinski definition) is 1. The average molecular weight is 154 g/mol. The molecule has 11 heavy (non-hydrogen) atoms. The number of aliphatic hydroxyl groups excluding tert-OH is 1. The maximum absolute atomic E-state index is 8.71. The van der Waals surface area contributed by atoms with Crippen molar-refractivity contribution < 1.29 is 5.11 Å². The molecule has 0 aromatic carbocycles. The zero-order valence-electron chi connectivity index (χ0n) is 7.56. The van der Waals surface area contributed by atoms with Crippen LogP contribution in [0.5, 0.6) is 0 Å². The van der Waals surface area contributed by atoms with Crippen LogP contribution in [-0.2, 0) is 0 Å². The predicted molar refractivity (Wildman–Crippen MR) is 47.4 cm³/mol. The molecule has 0 aliphatic heterocycles. The first kappa shape index (κ1) is 8.79. The molecule has 1 rings (SSSR count). The van der Waals surface area contributed by atoms with Gasteiger partial charge in [0.05, 0.1) is 6.61 Å². The van der Waals surface area contributed by atoms with Gasteiger partial charge in [0.25, 0.3) is 0 Å². The van der Waals surface area contributed by atoms with E-state index in [0.717, 1.165) is 0 Å². The Morgan fingerprint density at radius 3 is 2.82 bits per heavy atom. The van der Waals surface area contributed by atoms with Crippen LogP contribution in [0.3, 0.4) is 0 Å². The van der Waals surface area contributed by atoms with Gasteiger partial charge in [-0.05, 0) is 31.1 Å². The van der Waals surface area contributed by atoms with E-state index in [1.165, 1.54) is 31.3 Å². The third kappa shape index (κ3) is 2.66. The summed E-state index contributed by atoms with van der Waals surface area (Å²) in [5, 5.41) is 8.71. The molecule has 1 aliphatic carbocycles. The molecule has 0 radical (unpaired) electrons. The normalized spacial score (nSPS) is 27.4. The molecule has 1 nitrogen and oxygen atoms in total. The molecule has 0 spiro atoms. The molecule has 0 amide bonds. The van der Waals surface area contributed by atoms with Gasteiger partial charge < -0.3 is 5.11 Å². The Labute approximate surface area is 69.1 Å². The van der Waals surface area contributed by atoms with Crippen molar-refractivity contribution in [1.82, 2.24) is 0 Å². The zero-order chi connectivity index (χ0) is 8.32. The largest absolute Gasteiger partial charge is 0.392 e. The lowest BCUT2D eigenvalue weighted by atomic mass is 9.75. The van der Waals surface area contributed by atoms with Crippen molar-refractivity contribution >= 4 is 0 Å². The maximum atomic E-state index is 8.71. The Balaban J connectivity index is 2.53. The van der Waals surface area contributed by atoms with Gasteiger partial charge in [-0.25, -0.2) is 0 Å². The fourth-order valence-electron chi connectivity index (χ4n) is 1.89. The van der Waals surface area contributed by atoms with E-state index in [0.29, 0.717) is 5.41 Å². The second-order valence-corrected chi connectivity index (χ2v) is 4.24. The van der Waals surface area contributed by atoms with Gasteiger partial charge in [0.1, 0.15) is 0 Å². The van der Waals surface area contributed by atoms with Crippen molar-refractivity contribution in [1.29, 1.82) is 0 Å². The molecule has 0 saturated heterocycles. The summed E-state index contributed by atoms with van der Waals surface area (Å²) in [6.45, 7) is 4.82. The molecule has 1 fully saturated rings. The molecule has 0 atom stereocenters. The van der Waals surface area contributed by atoms with E-state index in [-0.39, 0.29) is 6.61 Å². The summed E-state index contributed by atoms with van der Waals surface area (Å²) in [7, 11) is 0. The van der Waals surface area contributed by atoms with Crippen LogP contribution in [0.4, 0.5) is 0 Å². The van der Waals surface area contributed by atoms with Crippen molar-refractivity contribution in [3.8, 4) is 0 Å². The number of hydrogen-bond acceptors (Lipinski definition) is 1. The van der Waals surface area contributed by atoms with Crippen LogP contribution >= 0.6 is 0 Å². The van der Waals surface area contributed by atoms with E-state index < -0.39 is 0 Å². The lowest BCUT2D eigenvalue weighted by Crippen LogP contribution is -2.17. The van der Waals surface area contributed by atoms with Gasteiger partial charge in [-0.1, -0.05) is 25.5 Å². The predicted octanol–water partition coefficient (Wildman–Crippen LogP) is 2.51. The molecule has 1 aliphatic rings. The third-order valence-corrected chi connectivity index (χ3v) is 2.44. The second kappa shape index (κ2) is 3.40. The van der Waals surface area contributed by atoms with Gasteiger partial charge in [0.15, 0.2) is 0 Å². The van der Waals surface area contributed by atoms with E-state index in [9.17, 15) is 0 Å². The van der Waals surface area contributed by atoms with Crippen molar-refractivity contribution in [2.24, 2.45) is 5.41 Å². The Kier molecular flexibility index (Phi) is 2.72. The smallest absolute Gasteiger partial charge is 0.0615 e. The second-order valence-electron chi connectivity index (χ2n) is 4.24. The van der Waals surface area contributed by atoms with Crippen LogP contribution in [0.25, 0.3) is 0 Å². The molecular formula is C10H18O. The third-order valence-electron chi connectivity index (χ3n) is 2.44. The summed E-state index contributed by atoms with van der Waals surface area (Å²) in [4.78, 5) is 0. The van der Waals surface area contributed by atoms with E-state index in [4.69, 9.17) is 5.11 Å². The minimum atomic E-state index is 0.214. The summed E-state index contributed by atoms with van der Waals surface area (Å²) in [6, 6.07) is 0. The van der Waals surface area contributed by atoms with Crippen LogP contribution < -0.4 is 0 Å². The highest BCUT2D eigenvalue weighted by Gasteiger charge is 2.23. The fourth-order valence-corrected chi connectivity index (χ4v) is 1.89. The van der Waals surface area contributed by atoms with Crippen LogP contribution in [-0.4, -0.2) is 11.7 Å². The van der Waals surface area contributed by atoms with Gasteiger partial charge in [-0.3, -0.25) is 0 Å². The highest BCUT2D eigenvalue weighted by molar-refractivity contribution is 5.07. The van der Waals surface area contributed by atoms with Crippen molar-refractivity contribution in [3.63, 3.8) is 0 Å². The molecule has 1 N–H and O–H groups in total. The molecule has 1 saturated carbocycles. The number of allylic oxidation sites excluding steroid dienone is 1. The first-order valence-corrected chi connectivity index (χ1v) is 4.43. The zero-order valence-corrected chi connectivity index (χ0v) is 7.56. The number of aliphatic hydroxyl groups is 1. The number of rotatable bonds is 1. The minimum Gasteiger partial charge on any atom is -0.392 e. The highest BCUT2D eigenvalue weighted by Crippen LogP contribution is 2.37. The van der Waals surface area contributed by atoms with Crippen LogP contribution in [0.1, 0.15) is 39.5 Å². The Hall–Kier alpha value is -0.300. The molecule has 0 aromatic rings. The first-order valence-electron chi connectivity index (χ1n) is 4.43. The Bertz CT molecular complexity index is 156. The molecule has 0 bridgehead atoms. The summed E-state index contributed by atoms with van der Waals surface area (Å²) in [5.41, 5.74) is 1.92. The summed E-state index contributed by atoms with van der Waals surface area (Å²) in [6.07, 6.45) is 6.97. The first-order chi connectivity index (χ1) is 5.14. The van der Waals surface area contributed by atoms with Crippen molar-refractivity contribution in [2.45, 2.75) is 39.5 Å². The summed E-state index contributed by atoms with van der Waals surface area (Å²) >= 11 is 0. The standard InChI is InChI=1S/C10H18O/c1-10(2)6-3-4-9(8-10)5-7-11/h5,11H,3-4,6-8H2,1-2H3. The molecule has 0 unspecified atom stereocenters. The summed E-state index contributed by atoms with van der Waals surface area (Å²) < 4.78 is 0. The van der Waals surface area contributed by atoms with Crippen LogP contribution in [0, 0.1) is 5.41 Å². The topological polar surface area (TPSA) is 20.2 Å². The van der Waals surface area contributed by atoms with Gasteiger partial charge in [0, 0.05) is 0 Å². The van der Waals surface area contributed by atoms with Gasteiger partial charge >= 0.3 is 0 Å². The molecule has 64 valence electrons. The average Bonchev–Trinajstić information content (AvgIpc) is 1.85. The Morgan fingerprint density at radius 1 is 1.55 bits per heavy atom. The van der Waals surface area contributed by atoms with E-state index in [1.54, 1.807) is 0 Å². The Morgan fingerprint density at radius 2 is 2.27 bits per heavy atom. The molecule has 1 heteroatoms.